The number of para-hydroxylation sites is 1. The van der Waals surface area contributed by atoms with Crippen LogP contribution in [0.1, 0.15) is 37.2 Å². The number of aromatic amines is 2. The van der Waals surface area contributed by atoms with Crippen molar-refractivity contribution < 1.29 is 14.4 Å². The Labute approximate surface area is 185 Å². The van der Waals surface area contributed by atoms with Gasteiger partial charge in [0.15, 0.2) is 0 Å². The molecular formula is C23H28N6O3. The SMILES string of the molecule is CC(C)[C@H](NC(=O)[C@@]1(NC(=O)Cc2cnc[nH]2)CCc2[nH]c3ccccc3c2C1)C(N)=O. The summed E-state index contributed by atoms with van der Waals surface area (Å²) in [6.07, 6.45) is 4.45. The molecule has 2 atom stereocenters. The number of nitrogens with zero attached hydrogens (tertiary/aromatic N) is 1. The fourth-order valence-corrected chi connectivity index (χ4v) is 4.47. The zero-order valence-corrected chi connectivity index (χ0v) is 18.2. The molecule has 1 aromatic carbocycles. The molecule has 0 unspecified atom stereocenters. The number of primary amides is 1. The van der Waals surface area contributed by atoms with Crippen molar-refractivity contribution in [3.63, 3.8) is 0 Å². The lowest BCUT2D eigenvalue weighted by Crippen LogP contribution is -2.64. The van der Waals surface area contributed by atoms with Crippen molar-refractivity contribution in [2.24, 2.45) is 11.7 Å². The largest absolute Gasteiger partial charge is 0.368 e. The first-order chi connectivity index (χ1) is 15.3. The fourth-order valence-electron chi connectivity index (χ4n) is 4.47. The number of aromatic nitrogens is 3. The average molecular weight is 437 g/mol. The van der Waals surface area contributed by atoms with Gasteiger partial charge in [-0.3, -0.25) is 14.4 Å². The number of imidazole rings is 1. The molecule has 4 rings (SSSR count). The maximum Gasteiger partial charge on any atom is 0.246 e. The van der Waals surface area contributed by atoms with E-state index in [2.05, 4.69) is 25.6 Å². The molecule has 0 radical (unpaired) electrons. The first kappa shape index (κ1) is 21.6. The van der Waals surface area contributed by atoms with Crippen LogP contribution in [0.5, 0.6) is 0 Å². The van der Waals surface area contributed by atoms with Crippen LogP contribution >= 0.6 is 0 Å². The van der Waals surface area contributed by atoms with E-state index in [1.807, 2.05) is 38.1 Å². The van der Waals surface area contributed by atoms with Gasteiger partial charge in [-0.15, -0.1) is 0 Å². The highest BCUT2D eigenvalue weighted by atomic mass is 16.2. The third-order valence-corrected chi connectivity index (χ3v) is 6.16. The van der Waals surface area contributed by atoms with Gasteiger partial charge in [-0.1, -0.05) is 32.0 Å². The highest BCUT2D eigenvalue weighted by Gasteiger charge is 2.45. The van der Waals surface area contributed by atoms with Gasteiger partial charge < -0.3 is 26.3 Å². The average Bonchev–Trinajstić information content (AvgIpc) is 3.38. The fraction of sp³-hybridized carbons (Fsp3) is 0.391. The number of carbonyl (C=O) groups is 3. The molecule has 9 nitrogen and oxygen atoms in total. The summed E-state index contributed by atoms with van der Waals surface area (Å²) in [6, 6.07) is 7.08. The Morgan fingerprint density at radius 1 is 1.25 bits per heavy atom. The summed E-state index contributed by atoms with van der Waals surface area (Å²) in [5.74, 6) is -1.48. The van der Waals surface area contributed by atoms with Crippen molar-refractivity contribution in [1.82, 2.24) is 25.6 Å². The Morgan fingerprint density at radius 3 is 2.72 bits per heavy atom. The maximum atomic E-state index is 13.6. The van der Waals surface area contributed by atoms with Gasteiger partial charge in [0.25, 0.3) is 0 Å². The molecule has 3 aromatic rings. The molecule has 0 saturated heterocycles. The van der Waals surface area contributed by atoms with Crippen molar-refractivity contribution in [3.8, 4) is 0 Å². The van der Waals surface area contributed by atoms with Crippen molar-refractivity contribution >= 4 is 28.6 Å². The third kappa shape index (κ3) is 4.10. The molecule has 0 aliphatic heterocycles. The van der Waals surface area contributed by atoms with Crippen molar-refractivity contribution in [2.45, 2.75) is 51.1 Å². The van der Waals surface area contributed by atoms with Crippen LogP contribution in [0.25, 0.3) is 10.9 Å². The van der Waals surface area contributed by atoms with Gasteiger partial charge in [0, 0.05) is 34.9 Å². The van der Waals surface area contributed by atoms with E-state index < -0.39 is 23.4 Å². The number of nitrogens with one attached hydrogen (secondary N) is 4. The summed E-state index contributed by atoms with van der Waals surface area (Å²) < 4.78 is 0. The molecule has 2 heterocycles. The maximum absolute atomic E-state index is 13.6. The summed E-state index contributed by atoms with van der Waals surface area (Å²) in [5.41, 5.74) is 8.04. The third-order valence-electron chi connectivity index (χ3n) is 6.16. The molecule has 168 valence electrons. The monoisotopic (exact) mass is 436 g/mol. The van der Waals surface area contributed by atoms with Crippen molar-refractivity contribution in [3.05, 3.63) is 53.7 Å². The minimum Gasteiger partial charge on any atom is -0.368 e. The topological polar surface area (TPSA) is 146 Å². The van der Waals surface area contributed by atoms with Gasteiger partial charge >= 0.3 is 0 Å². The minimum absolute atomic E-state index is 0.0687. The molecule has 0 saturated carbocycles. The van der Waals surface area contributed by atoms with E-state index in [9.17, 15) is 14.4 Å². The van der Waals surface area contributed by atoms with Crippen molar-refractivity contribution in [2.75, 3.05) is 0 Å². The van der Waals surface area contributed by atoms with Crippen LogP contribution in [0, 0.1) is 5.92 Å². The molecule has 0 fully saturated rings. The van der Waals surface area contributed by atoms with Crippen LogP contribution in [0.2, 0.25) is 0 Å². The molecule has 32 heavy (non-hydrogen) atoms. The van der Waals surface area contributed by atoms with Gasteiger partial charge in [0.2, 0.25) is 17.7 Å². The first-order valence-corrected chi connectivity index (χ1v) is 10.8. The van der Waals surface area contributed by atoms with Crippen LogP contribution in [-0.4, -0.2) is 44.3 Å². The molecular weight excluding hydrogens is 408 g/mol. The zero-order chi connectivity index (χ0) is 22.9. The summed E-state index contributed by atoms with van der Waals surface area (Å²) in [5, 5.41) is 6.81. The van der Waals surface area contributed by atoms with E-state index >= 15 is 0 Å². The summed E-state index contributed by atoms with van der Waals surface area (Å²) in [4.78, 5) is 48.7. The lowest BCUT2D eigenvalue weighted by atomic mass is 9.78. The minimum atomic E-state index is -1.20. The second kappa shape index (κ2) is 8.49. The molecule has 3 amide bonds. The Hall–Kier alpha value is -3.62. The van der Waals surface area contributed by atoms with Crippen LogP contribution in [0.3, 0.4) is 0 Å². The summed E-state index contributed by atoms with van der Waals surface area (Å²) >= 11 is 0. The van der Waals surface area contributed by atoms with E-state index in [1.165, 1.54) is 6.33 Å². The number of nitrogens with two attached hydrogens (primary N) is 1. The number of fused-ring (bicyclic) bond motifs is 3. The van der Waals surface area contributed by atoms with E-state index in [4.69, 9.17) is 5.73 Å². The molecule has 0 bridgehead atoms. The Morgan fingerprint density at radius 2 is 2.03 bits per heavy atom. The Bertz CT molecular complexity index is 1150. The standard InChI is InChI=1S/C23H28N6O3/c1-13(2)20(21(24)31)28-22(32)23(29-19(30)9-14-11-25-12-26-14)8-7-18-16(10-23)15-5-3-4-6-17(15)27-18/h3-6,11-13,20,27H,7-10H2,1-2H3,(H2,24,31)(H,25,26)(H,28,32)(H,29,30)/t20-,23+/m0/s1. The number of aryl methyl sites for hydroxylation is 1. The predicted octanol–water partition coefficient (Wildman–Crippen LogP) is 1.10. The van der Waals surface area contributed by atoms with Crippen LogP contribution in [0.4, 0.5) is 0 Å². The van der Waals surface area contributed by atoms with E-state index in [0.29, 0.717) is 25.0 Å². The van der Waals surface area contributed by atoms with Gasteiger partial charge in [0.05, 0.1) is 12.7 Å². The van der Waals surface area contributed by atoms with Crippen LogP contribution in [-0.2, 0) is 33.6 Å². The number of amides is 3. The van der Waals surface area contributed by atoms with Gasteiger partial charge in [-0.05, 0) is 30.4 Å². The normalized spacial score (nSPS) is 18.8. The Kier molecular flexibility index (Phi) is 5.73. The van der Waals surface area contributed by atoms with E-state index in [0.717, 1.165) is 22.2 Å². The summed E-state index contributed by atoms with van der Waals surface area (Å²) in [7, 11) is 0. The number of hydrogen-bond acceptors (Lipinski definition) is 4. The quantitative estimate of drug-likeness (QED) is 0.377. The van der Waals surface area contributed by atoms with Gasteiger partial charge in [0.1, 0.15) is 11.6 Å². The number of hydrogen-bond donors (Lipinski definition) is 5. The lowest BCUT2D eigenvalue weighted by molar-refractivity contribution is -0.136. The molecule has 6 N–H and O–H groups in total. The van der Waals surface area contributed by atoms with Crippen LogP contribution < -0.4 is 16.4 Å². The van der Waals surface area contributed by atoms with Gasteiger partial charge in [-0.25, -0.2) is 4.98 Å². The zero-order valence-electron chi connectivity index (χ0n) is 18.2. The van der Waals surface area contributed by atoms with E-state index in [-0.39, 0.29) is 18.2 Å². The second-order valence-corrected chi connectivity index (χ2v) is 8.79. The number of rotatable bonds is 7. The molecule has 1 aliphatic carbocycles. The molecule has 9 heteroatoms. The predicted molar refractivity (Wildman–Crippen MR) is 119 cm³/mol. The number of benzene rings is 1. The number of H-pyrrole nitrogens is 2. The Balaban J connectivity index is 1.67. The highest BCUT2D eigenvalue weighted by molar-refractivity contribution is 5.96. The van der Waals surface area contributed by atoms with Crippen LogP contribution in [0.15, 0.2) is 36.8 Å². The first-order valence-electron chi connectivity index (χ1n) is 10.8. The molecule has 1 aliphatic rings. The summed E-state index contributed by atoms with van der Waals surface area (Å²) in [6.45, 7) is 3.63. The van der Waals surface area contributed by atoms with Crippen molar-refractivity contribution in [1.29, 1.82) is 0 Å². The second-order valence-electron chi connectivity index (χ2n) is 8.79. The smallest absolute Gasteiger partial charge is 0.246 e. The molecule has 2 aromatic heterocycles. The molecule has 0 spiro atoms. The highest BCUT2D eigenvalue weighted by Crippen LogP contribution is 2.34. The van der Waals surface area contributed by atoms with Gasteiger partial charge in [-0.2, -0.15) is 0 Å². The number of carbonyl (C=O) groups excluding carboxylic acids is 3. The van der Waals surface area contributed by atoms with E-state index in [1.54, 1.807) is 6.20 Å². The lowest BCUT2D eigenvalue weighted by Gasteiger charge is -2.38.